The summed E-state index contributed by atoms with van der Waals surface area (Å²) in [5, 5.41) is 9.42. The van der Waals surface area contributed by atoms with Gasteiger partial charge in [-0.3, -0.25) is 10.4 Å². The molecule has 3 N–H and O–H groups in total. The van der Waals surface area contributed by atoms with Gasteiger partial charge in [-0.05, 0) is 29.8 Å². The Morgan fingerprint density at radius 1 is 1.11 bits per heavy atom. The van der Waals surface area contributed by atoms with Gasteiger partial charge in [-0.2, -0.15) is 0 Å². The molecule has 2 aromatic rings. The van der Waals surface area contributed by atoms with Crippen LogP contribution in [0.15, 0.2) is 54.6 Å². The molecular formula is C15H17N3O. The lowest BCUT2D eigenvalue weighted by Gasteiger charge is -2.19. The lowest BCUT2D eigenvalue weighted by Crippen LogP contribution is -2.38. The molecule has 0 aliphatic carbocycles. The molecule has 0 bridgehead atoms. The maximum absolute atomic E-state index is 8.04. The minimum Gasteiger partial charge on any atom is -0.497 e. The van der Waals surface area contributed by atoms with E-state index in [2.05, 4.69) is 0 Å². The van der Waals surface area contributed by atoms with Crippen molar-refractivity contribution in [1.29, 1.82) is 5.41 Å². The van der Waals surface area contributed by atoms with Crippen LogP contribution in [0.3, 0.4) is 0 Å². The highest BCUT2D eigenvalue weighted by Crippen LogP contribution is 2.18. The molecule has 4 nitrogen and oxygen atoms in total. The van der Waals surface area contributed by atoms with Crippen LogP contribution in [0.4, 0.5) is 5.69 Å². The topological polar surface area (TPSA) is 62.3 Å². The molecule has 4 heteroatoms. The SMILES string of the molecule is COc1ccc(N(N)C(=N)Cc2ccccc2)cc1. The summed E-state index contributed by atoms with van der Waals surface area (Å²) in [6.07, 6.45) is 0.503. The Bertz CT molecular complexity index is 537. The second-order valence-corrected chi connectivity index (χ2v) is 4.18. The van der Waals surface area contributed by atoms with Crippen molar-refractivity contribution < 1.29 is 4.74 Å². The van der Waals surface area contributed by atoms with Gasteiger partial charge in [-0.15, -0.1) is 0 Å². The Morgan fingerprint density at radius 2 is 1.74 bits per heavy atom. The Kier molecular flexibility index (Phi) is 4.15. The molecule has 0 radical (unpaired) electrons. The predicted molar refractivity (Wildman–Crippen MR) is 77.5 cm³/mol. The number of nitrogens with one attached hydrogen (secondary N) is 1. The maximum atomic E-state index is 8.04. The average molecular weight is 255 g/mol. The molecule has 0 saturated carbocycles. The van der Waals surface area contributed by atoms with Gasteiger partial charge in [0.2, 0.25) is 0 Å². The van der Waals surface area contributed by atoms with E-state index in [1.165, 1.54) is 5.01 Å². The highest BCUT2D eigenvalue weighted by Gasteiger charge is 2.08. The van der Waals surface area contributed by atoms with Crippen molar-refractivity contribution in [3.05, 3.63) is 60.2 Å². The molecule has 0 heterocycles. The summed E-state index contributed by atoms with van der Waals surface area (Å²) in [5.74, 6) is 7.06. The fourth-order valence-electron chi connectivity index (χ4n) is 1.77. The highest BCUT2D eigenvalue weighted by molar-refractivity contribution is 5.95. The zero-order valence-corrected chi connectivity index (χ0v) is 10.8. The lowest BCUT2D eigenvalue weighted by molar-refractivity contribution is 0.415. The second-order valence-electron chi connectivity index (χ2n) is 4.18. The molecule has 0 unspecified atom stereocenters. The molecule has 0 amide bonds. The number of ether oxygens (including phenoxy) is 1. The first-order valence-corrected chi connectivity index (χ1v) is 6.01. The quantitative estimate of drug-likeness (QED) is 0.382. The number of anilines is 1. The van der Waals surface area contributed by atoms with Gasteiger partial charge in [-0.1, -0.05) is 30.3 Å². The highest BCUT2D eigenvalue weighted by atomic mass is 16.5. The van der Waals surface area contributed by atoms with E-state index in [1.807, 2.05) is 54.6 Å². The first-order chi connectivity index (χ1) is 9.20. The zero-order chi connectivity index (χ0) is 13.7. The van der Waals surface area contributed by atoms with E-state index in [9.17, 15) is 0 Å². The summed E-state index contributed by atoms with van der Waals surface area (Å²) in [7, 11) is 1.62. The smallest absolute Gasteiger partial charge is 0.119 e. The number of amidine groups is 1. The predicted octanol–water partition coefficient (Wildman–Crippen LogP) is 2.60. The van der Waals surface area contributed by atoms with Crippen LogP contribution in [0.25, 0.3) is 0 Å². The molecule has 0 aliphatic heterocycles. The summed E-state index contributed by atoms with van der Waals surface area (Å²) >= 11 is 0. The third-order valence-corrected chi connectivity index (χ3v) is 2.86. The standard InChI is InChI=1S/C15H17N3O/c1-19-14-9-7-13(8-10-14)18(17)15(16)11-12-5-3-2-4-6-12/h2-10,16H,11,17H2,1H3. The molecule has 0 spiro atoms. The Balaban J connectivity index is 2.06. The first-order valence-electron chi connectivity index (χ1n) is 6.01. The number of hydrazine groups is 1. The summed E-state index contributed by atoms with van der Waals surface area (Å²) in [5.41, 5.74) is 1.83. The minimum absolute atomic E-state index is 0.344. The summed E-state index contributed by atoms with van der Waals surface area (Å²) in [4.78, 5) is 0. The van der Waals surface area contributed by atoms with Gasteiger partial charge in [0.05, 0.1) is 12.8 Å². The lowest BCUT2D eigenvalue weighted by atomic mass is 10.1. The Morgan fingerprint density at radius 3 is 2.32 bits per heavy atom. The van der Waals surface area contributed by atoms with Gasteiger partial charge in [-0.25, -0.2) is 5.84 Å². The molecule has 0 atom stereocenters. The largest absolute Gasteiger partial charge is 0.497 e. The summed E-state index contributed by atoms with van der Waals surface area (Å²) in [6.45, 7) is 0. The molecule has 0 aliphatic rings. The summed E-state index contributed by atoms with van der Waals surface area (Å²) < 4.78 is 5.09. The van der Waals surface area contributed by atoms with Gasteiger partial charge < -0.3 is 4.74 Å². The third kappa shape index (κ3) is 3.33. The van der Waals surface area contributed by atoms with E-state index in [0.29, 0.717) is 12.3 Å². The van der Waals surface area contributed by atoms with Crippen molar-refractivity contribution in [1.82, 2.24) is 0 Å². The van der Waals surface area contributed by atoms with Crippen LogP contribution >= 0.6 is 0 Å². The fraction of sp³-hybridized carbons (Fsp3) is 0.133. The van der Waals surface area contributed by atoms with Crippen LogP contribution in [0.2, 0.25) is 0 Å². The monoisotopic (exact) mass is 255 g/mol. The van der Waals surface area contributed by atoms with Crippen molar-refractivity contribution >= 4 is 11.5 Å². The fourth-order valence-corrected chi connectivity index (χ4v) is 1.77. The van der Waals surface area contributed by atoms with Crippen LogP contribution in [0.5, 0.6) is 5.75 Å². The molecule has 98 valence electrons. The molecule has 2 aromatic carbocycles. The van der Waals surface area contributed by atoms with Crippen molar-refractivity contribution in [2.24, 2.45) is 5.84 Å². The first kappa shape index (κ1) is 13.1. The van der Waals surface area contributed by atoms with E-state index in [-0.39, 0.29) is 0 Å². The molecule has 19 heavy (non-hydrogen) atoms. The van der Waals surface area contributed by atoms with Gasteiger partial charge in [0.1, 0.15) is 11.6 Å². The molecule has 0 aromatic heterocycles. The second kappa shape index (κ2) is 6.02. The van der Waals surface area contributed by atoms with E-state index >= 15 is 0 Å². The van der Waals surface area contributed by atoms with Gasteiger partial charge in [0.25, 0.3) is 0 Å². The maximum Gasteiger partial charge on any atom is 0.119 e. The Hall–Kier alpha value is -2.33. The number of hydrogen-bond donors (Lipinski definition) is 2. The number of rotatable bonds is 4. The minimum atomic E-state index is 0.344. The Labute approximate surface area is 112 Å². The van der Waals surface area contributed by atoms with Crippen LogP contribution in [-0.4, -0.2) is 12.9 Å². The van der Waals surface area contributed by atoms with Crippen LogP contribution in [-0.2, 0) is 6.42 Å². The van der Waals surface area contributed by atoms with E-state index in [4.69, 9.17) is 16.0 Å². The van der Waals surface area contributed by atoms with Crippen molar-refractivity contribution in [3.63, 3.8) is 0 Å². The van der Waals surface area contributed by atoms with E-state index < -0.39 is 0 Å². The average Bonchev–Trinajstić information content (AvgIpc) is 2.47. The molecule has 0 saturated heterocycles. The number of nitrogens with zero attached hydrogens (tertiary/aromatic N) is 1. The van der Waals surface area contributed by atoms with E-state index in [1.54, 1.807) is 7.11 Å². The number of benzene rings is 2. The number of nitrogens with two attached hydrogens (primary N) is 1. The molecule has 2 rings (SSSR count). The van der Waals surface area contributed by atoms with Crippen LogP contribution in [0, 0.1) is 5.41 Å². The van der Waals surface area contributed by atoms with Crippen LogP contribution < -0.4 is 15.6 Å². The van der Waals surface area contributed by atoms with Crippen molar-refractivity contribution in [2.45, 2.75) is 6.42 Å². The third-order valence-electron chi connectivity index (χ3n) is 2.86. The molecule has 0 fully saturated rings. The normalized spacial score (nSPS) is 10.0. The summed E-state index contributed by atoms with van der Waals surface area (Å²) in [6, 6.07) is 17.1. The van der Waals surface area contributed by atoms with Crippen molar-refractivity contribution in [3.8, 4) is 5.75 Å². The number of hydrogen-bond acceptors (Lipinski definition) is 3. The van der Waals surface area contributed by atoms with Crippen molar-refractivity contribution in [2.75, 3.05) is 12.1 Å². The zero-order valence-electron chi connectivity index (χ0n) is 10.8. The van der Waals surface area contributed by atoms with E-state index in [0.717, 1.165) is 17.0 Å². The van der Waals surface area contributed by atoms with Gasteiger partial charge in [0, 0.05) is 6.42 Å². The van der Waals surface area contributed by atoms with Crippen LogP contribution in [0.1, 0.15) is 5.56 Å². The number of methoxy groups -OCH3 is 1. The van der Waals surface area contributed by atoms with Gasteiger partial charge >= 0.3 is 0 Å². The molecular weight excluding hydrogens is 238 g/mol. The van der Waals surface area contributed by atoms with Gasteiger partial charge in [0.15, 0.2) is 0 Å².